The fourth-order valence-corrected chi connectivity index (χ4v) is 2.61. The normalized spacial score (nSPS) is 13.0. The first-order valence-electron chi connectivity index (χ1n) is 7.15. The molecule has 4 rings (SSSR count). The number of hydrogen-bond donors (Lipinski definition) is 0. The molecule has 0 radical (unpaired) electrons. The van der Waals surface area contributed by atoms with Gasteiger partial charge in [0.25, 0.3) is 0 Å². The molecule has 0 atom stereocenters. The predicted molar refractivity (Wildman–Crippen MR) is 89.5 cm³/mol. The van der Waals surface area contributed by atoms with Gasteiger partial charge in [-0.15, -0.1) is 0 Å². The van der Waals surface area contributed by atoms with Crippen LogP contribution in [0.3, 0.4) is 0 Å². The largest absolute Gasteiger partial charge is 0.497 e. The van der Waals surface area contributed by atoms with Gasteiger partial charge in [0.1, 0.15) is 16.8 Å². The molecule has 1 aromatic carbocycles. The summed E-state index contributed by atoms with van der Waals surface area (Å²) in [6, 6.07) is 7.87. The van der Waals surface area contributed by atoms with Crippen molar-refractivity contribution in [2.45, 2.75) is 6.54 Å². The maximum absolute atomic E-state index is 6.25. The number of nitrogens with zero attached hydrogens (tertiary/aromatic N) is 4. The lowest BCUT2D eigenvalue weighted by Crippen LogP contribution is -1.99. The molecular weight excluding hydrogens is 312 g/mol. The van der Waals surface area contributed by atoms with Crippen molar-refractivity contribution in [3.63, 3.8) is 0 Å². The Morgan fingerprint density at radius 1 is 1.17 bits per heavy atom. The van der Waals surface area contributed by atoms with Crippen molar-refractivity contribution in [2.24, 2.45) is 0 Å². The number of aromatic nitrogens is 4. The van der Waals surface area contributed by atoms with Crippen LogP contribution < -0.4 is 4.74 Å². The van der Waals surface area contributed by atoms with Crippen LogP contribution in [0.5, 0.6) is 5.75 Å². The van der Waals surface area contributed by atoms with Crippen molar-refractivity contribution >= 4 is 28.2 Å². The molecule has 1 aliphatic rings. The highest BCUT2D eigenvalue weighted by Gasteiger charge is 2.13. The Labute approximate surface area is 137 Å². The second-order valence-corrected chi connectivity index (χ2v) is 5.59. The molecule has 1 aliphatic carbocycles. The lowest BCUT2D eigenvalue weighted by atomic mass is 10.1. The summed E-state index contributed by atoms with van der Waals surface area (Å²) >= 11 is 6.25. The number of halogens is 1. The molecule has 23 heavy (non-hydrogen) atoms. The highest BCUT2D eigenvalue weighted by Crippen LogP contribution is 2.25. The minimum Gasteiger partial charge on any atom is -0.497 e. The minimum atomic E-state index is 0.375. The smallest absolute Gasteiger partial charge is 0.161 e. The number of hydrogen-bond acceptors (Lipinski definition) is 4. The summed E-state index contributed by atoms with van der Waals surface area (Å²) in [5.74, 6) is 1.47. The molecule has 0 aliphatic heterocycles. The summed E-state index contributed by atoms with van der Waals surface area (Å²) in [6.07, 6.45) is 7.75. The molecule has 114 valence electrons. The zero-order valence-corrected chi connectivity index (χ0v) is 13.2. The van der Waals surface area contributed by atoms with E-state index in [1.807, 2.05) is 53.4 Å². The highest BCUT2D eigenvalue weighted by molar-refractivity contribution is 6.33. The first-order chi connectivity index (χ1) is 11.2. The Balaban J connectivity index is 1.66. The van der Waals surface area contributed by atoms with E-state index in [1.54, 1.807) is 7.11 Å². The molecule has 0 spiro atoms. The molecule has 0 fully saturated rings. The second kappa shape index (κ2) is 5.52. The summed E-state index contributed by atoms with van der Waals surface area (Å²) in [5, 5.41) is 4.86. The molecule has 2 heterocycles. The van der Waals surface area contributed by atoms with Gasteiger partial charge in [-0.25, -0.2) is 9.97 Å². The average Bonchev–Trinajstić information content (AvgIpc) is 2.89. The van der Waals surface area contributed by atoms with Crippen LogP contribution in [0.15, 0.2) is 48.7 Å². The summed E-state index contributed by atoms with van der Waals surface area (Å²) in [5.41, 5.74) is 3.46. The molecular formula is C17H13ClN4O. The Morgan fingerprint density at radius 2 is 1.96 bits per heavy atom. The maximum Gasteiger partial charge on any atom is 0.161 e. The molecule has 5 nitrogen and oxygen atoms in total. The SMILES string of the molecule is COc1ccc(Cn2cc3nc(C4=CC=C4)nc(Cl)c3n2)cc1. The van der Waals surface area contributed by atoms with Crippen LogP contribution in [0.25, 0.3) is 16.6 Å². The van der Waals surface area contributed by atoms with Gasteiger partial charge in [-0.2, -0.15) is 5.10 Å². The number of allylic oxidation sites excluding steroid dienone is 4. The van der Waals surface area contributed by atoms with Gasteiger partial charge in [-0.05, 0) is 17.7 Å². The van der Waals surface area contributed by atoms with E-state index in [-0.39, 0.29) is 0 Å². The van der Waals surface area contributed by atoms with Crippen LogP contribution in [0.2, 0.25) is 5.15 Å². The van der Waals surface area contributed by atoms with Gasteiger partial charge in [-0.3, -0.25) is 4.68 Å². The van der Waals surface area contributed by atoms with Crippen LogP contribution >= 0.6 is 11.6 Å². The highest BCUT2D eigenvalue weighted by atomic mass is 35.5. The molecule has 3 aromatic rings. The van der Waals surface area contributed by atoms with Gasteiger partial charge < -0.3 is 4.74 Å². The van der Waals surface area contributed by atoms with Crippen molar-refractivity contribution in [1.29, 1.82) is 0 Å². The van der Waals surface area contributed by atoms with Crippen molar-refractivity contribution in [2.75, 3.05) is 7.11 Å². The van der Waals surface area contributed by atoms with E-state index in [0.29, 0.717) is 23.0 Å². The fraction of sp³-hybridized carbons (Fsp3) is 0.118. The fourth-order valence-electron chi connectivity index (χ4n) is 2.39. The van der Waals surface area contributed by atoms with Crippen LogP contribution in [0.1, 0.15) is 11.4 Å². The maximum atomic E-state index is 6.25. The second-order valence-electron chi connectivity index (χ2n) is 5.23. The first-order valence-corrected chi connectivity index (χ1v) is 7.53. The lowest BCUT2D eigenvalue weighted by Gasteiger charge is -2.05. The zero-order chi connectivity index (χ0) is 15.8. The van der Waals surface area contributed by atoms with Crippen molar-refractivity contribution < 1.29 is 4.74 Å². The van der Waals surface area contributed by atoms with Crippen LogP contribution in [0, 0.1) is 0 Å². The quantitative estimate of drug-likeness (QED) is 0.689. The van der Waals surface area contributed by atoms with Gasteiger partial charge in [0.2, 0.25) is 0 Å². The molecule has 0 saturated heterocycles. The molecule has 0 saturated carbocycles. The van der Waals surface area contributed by atoms with E-state index >= 15 is 0 Å². The van der Waals surface area contributed by atoms with E-state index < -0.39 is 0 Å². The number of rotatable bonds is 4. The first kappa shape index (κ1) is 14.0. The zero-order valence-electron chi connectivity index (χ0n) is 12.4. The number of ether oxygens (including phenoxy) is 1. The van der Waals surface area contributed by atoms with E-state index in [4.69, 9.17) is 16.3 Å². The van der Waals surface area contributed by atoms with Gasteiger partial charge in [0.15, 0.2) is 11.0 Å². The monoisotopic (exact) mass is 324 g/mol. The molecule has 6 heteroatoms. The van der Waals surface area contributed by atoms with Gasteiger partial charge in [-0.1, -0.05) is 42.0 Å². The lowest BCUT2D eigenvalue weighted by molar-refractivity contribution is 0.414. The van der Waals surface area contributed by atoms with E-state index in [9.17, 15) is 0 Å². The van der Waals surface area contributed by atoms with Gasteiger partial charge in [0.05, 0.1) is 19.9 Å². The average molecular weight is 325 g/mol. The van der Waals surface area contributed by atoms with Crippen molar-refractivity contribution in [3.8, 4) is 5.75 Å². The predicted octanol–water partition coefficient (Wildman–Crippen LogP) is 3.49. The summed E-state index contributed by atoms with van der Waals surface area (Å²) in [6.45, 7) is 0.634. The molecule has 0 bridgehead atoms. The summed E-state index contributed by atoms with van der Waals surface area (Å²) < 4.78 is 6.99. The Bertz CT molecular complexity index is 941. The van der Waals surface area contributed by atoms with Crippen LogP contribution in [-0.4, -0.2) is 26.9 Å². The Kier molecular flexibility index (Phi) is 3.35. The number of methoxy groups -OCH3 is 1. The van der Waals surface area contributed by atoms with Gasteiger partial charge in [0, 0.05) is 5.57 Å². The van der Waals surface area contributed by atoms with E-state index in [0.717, 1.165) is 22.4 Å². The molecule has 0 unspecified atom stereocenters. The Hall–Kier alpha value is -2.66. The summed E-state index contributed by atoms with van der Waals surface area (Å²) in [4.78, 5) is 8.84. The Morgan fingerprint density at radius 3 is 2.61 bits per heavy atom. The van der Waals surface area contributed by atoms with Crippen LogP contribution in [-0.2, 0) is 6.54 Å². The van der Waals surface area contributed by atoms with E-state index in [1.165, 1.54) is 0 Å². The third kappa shape index (κ3) is 2.59. The van der Waals surface area contributed by atoms with Gasteiger partial charge >= 0.3 is 0 Å². The number of fused-ring (bicyclic) bond motifs is 1. The van der Waals surface area contributed by atoms with E-state index in [2.05, 4.69) is 15.1 Å². The third-order valence-electron chi connectivity index (χ3n) is 3.68. The molecule has 0 N–H and O–H groups in total. The molecule has 2 aromatic heterocycles. The van der Waals surface area contributed by atoms with Crippen molar-refractivity contribution in [3.05, 3.63) is 65.2 Å². The third-order valence-corrected chi connectivity index (χ3v) is 3.95. The molecule has 0 amide bonds. The minimum absolute atomic E-state index is 0.375. The standard InChI is InChI=1S/C17H13ClN4O/c1-23-13-7-5-11(6-8-13)9-22-10-14-15(21-22)16(18)20-17(19-14)12-3-2-4-12/h2-8,10H,9H2,1H3. The summed E-state index contributed by atoms with van der Waals surface area (Å²) in [7, 11) is 1.65. The van der Waals surface area contributed by atoms with Crippen molar-refractivity contribution in [1.82, 2.24) is 19.7 Å². The topological polar surface area (TPSA) is 52.8 Å². The van der Waals surface area contributed by atoms with Crippen LogP contribution in [0.4, 0.5) is 0 Å². The number of benzene rings is 1.